The number of benzene rings is 1. The number of hydrogen-bond donors (Lipinski definition) is 1. The van der Waals surface area contributed by atoms with Gasteiger partial charge >= 0.3 is 0 Å². The quantitative estimate of drug-likeness (QED) is 0.906. The van der Waals surface area contributed by atoms with Gasteiger partial charge in [0.05, 0.1) is 0 Å². The lowest BCUT2D eigenvalue weighted by atomic mass is 10.0. The minimum atomic E-state index is -0.780. The summed E-state index contributed by atoms with van der Waals surface area (Å²) >= 11 is 0. The molecular weight excluding hydrogens is 246 g/mol. The molecule has 0 aromatic heterocycles. The van der Waals surface area contributed by atoms with Crippen molar-refractivity contribution in [3.63, 3.8) is 0 Å². The van der Waals surface area contributed by atoms with E-state index in [0.29, 0.717) is 6.04 Å². The molecular formula is C15H22F2N2. The van der Waals surface area contributed by atoms with E-state index in [2.05, 4.69) is 17.3 Å². The Bertz CT molecular complexity index is 415. The first-order chi connectivity index (χ1) is 9.09. The molecule has 0 aliphatic carbocycles. The fourth-order valence-electron chi connectivity index (χ4n) is 2.73. The maximum absolute atomic E-state index is 13.3. The molecule has 1 saturated heterocycles. The normalized spacial score (nSPS) is 22.3. The van der Waals surface area contributed by atoms with Crippen molar-refractivity contribution in [2.75, 3.05) is 20.1 Å². The summed E-state index contributed by atoms with van der Waals surface area (Å²) in [6, 6.07) is 4.79. The first-order valence-corrected chi connectivity index (χ1v) is 6.97. The van der Waals surface area contributed by atoms with Crippen molar-refractivity contribution in [3.8, 4) is 0 Å². The molecule has 1 fully saturated rings. The van der Waals surface area contributed by atoms with Gasteiger partial charge < -0.3 is 5.32 Å². The van der Waals surface area contributed by atoms with Crippen LogP contribution in [-0.4, -0.2) is 31.1 Å². The lowest BCUT2D eigenvalue weighted by Gasteiger charge is -2.32. The lowest BCUT2D eigenvalue weighted by molar-refractivity contribution is 0.171. The standard InChI is InChI=1S/C15H22F2N2/c1-11(12-5-6-14(16)15(17)10-12)19(2)13-4-3-8-18-9-7-13/h5-6,10-11,13,18H,3-4,7-9H2,1-2H3. The summed E-state index contributed by atoms with van der Waals surface area (Å²) in [5.74, 6) is -1.54. The maximum atomic E-state index is 13.3. The minimum absolute atomic E-state index is 0.0956. The molecule has 2 unspecified atom stereocenters. The molecule has 0 radical (unpaired) electrons. The highest BCUT2D eigenvalue weighted by Gasteiger charge is 2.22. The van der Waals surface area contributed by atoms with Gasteiger partial charge in [0.25, 0.3) is 0 Å². The Hall–Kier alpha value is -1.00. The van der Waals surface area contributed by atoms with Crippen LogP contribution in [0, 0.1) is 11.6 Å². The molecule has 1 aliphatic heterocycles. The van der Waals surface area contributed by atoms with E-state index in [-0.39, 0.29) is 6.04 Å². The predicted octanol–water partition coefficient (Wildman–Crippen LogP) is 3.10. The van der Waals surface area contributed by atoms with Crippen LogP contribution < -0.4 is 5.32 Å². The summed E-state index contributed by atoms with van der Waals surface area (Å²) in [6.45, 7) is 4.15. The van der Waals surface area contributed by atoms with Crippen molar-refractivity contribution in [3.05, 3.63) is 35.4 Å². The van der Waals surface area contributed by atoms with E-state index in [1.54, 1.807) is 6.07 Å². The number of halogens is 2. The van der Waals surface area contributed by atoms with Crippen molar-refractivity contribution < 1.29 is 8.78 Å². The average molecular weight is 268 g/mol. The first kappa shape index (κ1) is 14.4. The van der Waals surface area contributed by atoms with Gasteiger partial charge in [-0.3, -0.25) is 4.90 Å². The fourth-order valence-corrected chi connectivity index (χ4v) is 2.73. The number of nitrogens with one attached hydrogen (secondary N) is 1. The van der Waals surface area contributed by atoms with E-state index in [9.17, 15) is 8.78 Å². The second kappa shape index (κ2) is 6.44. The minimum Gasteiger partial charge on any atom is -0.317 e. The zero-order chi connectivity index (χ0) is 13.8. The van der Waals surface area contributed by atoms with Crippen molar-refractivity contribution in [1.29, 1.82) is 0 Å². The Kier molecular flexibility index (Phi) is 4.88. The Morgan fingerprint density at radius 1 is 1.21 bits per heavy atom. The molecule has 1 heterocycles. The van der Waals surface area contributed by atoms with E-state index >= 15 is 0 Å². The van der Waals surface area contributed by atoms with Gasteiger partial charge in [-0.1, -0.05) is 6.07 Å². The smallest absolute Gasteiger partial charge is 0.159 e. The third kappa shape index (κ3) is 3.51. The Morgan fingerprint density at radius 2 is 2.00 bits per heavy atom. The van der Waals surface area contributed by atoms with Gasteiger partial charge in [-0.25, -0.2) is 8.78 Å². The largest absolute Gasteiger partial charge is 0.317 e. The molecule has 0 amide bonds. The highest BCUT2D eigenvalue weighted by atomic mass is 19.2. The van der Waals surface area contributed by atoms with Crippen LogP contribution in [0.3, 0.4) is 0 Å². The van der Waals surface area contributed by atoms with Crippen LogP contribution in [-0.2, 0) is 0 Å². The van der Waals surface area contributed by atoms with Gasteiger partial charge in [0.1, 0.15) is 0 Å². The van der Waals surface area contributed by atoms with E-state index in [1.165, 1.54) is 18.6 Å². The highest BCUT2D eigenvalue weighted by molar-refractivity contribution is 5.21. The molecule has 1 aromatic rings. The SMILES string of the molecule is CC(c1ccc(F)c(F)c1)N(C)C1CCCNCC1. The maximum Gasteiger partial charge on any atom is 0.159 e. The van der Waals surface area contributed by atoms with Crippen LogP contribution in [0.2, 0.25) is 0 Å². The molecule has 1 N–H and O–H groups in total. The van der Waals surface area contributed by atoms with Gasteiger partial charge in [0.15, 0.2) is 11.6 Å². The van der Waals surface area contributed by atoms with E-state index < -0.39 is 11.6 Å². The topological polar surface area (TPSA) is 15.3 Å². The van der Waals surface area contributed by atoms with Crippen LogP contribution in [0.15, 0.2) is 18.2 Å². The van der Waals surface area contributed by atoms with Crippen LogP contribution in [0.4, 0.5) is 8.78 Å². The second-order valence-electron chi connectivity index (χ2n) is 5.35. The molecule has 2 atom stereocenters. The van der Waals surface area contributed by atoms with E-state index in [4.69, 9.17) is 0 Å². The average Bonchev–Trinajstić information content (AvgIpc) is 2.69. The van der Waals surface area contributed by atoms with Crippen LogP contribution in [0.5, 0.6) is 0 Å². The highest BCUT2D eigenvalue weighted by Crippen LogP contribution is 2.25. The zero-order valence-corrected chi connectivity index (χ0v) is 11.6. The van der Waals surface area contributed by atoms with Crippen LogP contribution >= 0.6 is 0 Å². The van der Waals surface area contributed by atoms with Gasteiger partial charge in [-0.05, 0) is 64.0 Å². The van der Waals surface area contributed by atoms with Gasteiger partial charge in [0, 0.05) is 12.1 Å². The number of rotatable bonds is 3. The van der Waals surface area contributed by atoms with Crippen LogP contribution in [0.25, 0.3) is 0 Å². The molecule has 2 rings (SSSR count). The number of nitrogens with zero attached hydrogens (tertiary/aromatic N) is 1. The summed E-state index contributed by atoms with van der Waals surface area (Å²) in [7, 11) is 2.07. The molecule has 1 aromatic carbocycles. The lowest BCUT2D eigenvalue weighted by Crippen LogP contribution is -2.34. The molecule has 1 aliphatic rings. The van der Waals surface area contributed by atoms with Crippen LogP contribution in [0.1, 0.15) is 37.8 Å². The Labute approximate surface area is 113 Å². The van der Waals surface area contributed by atoms with Crippen molar-refractivity contribution in [1.82, 2.24) is 10.2 Å². The first-order valence-electron chi connectivity index (χ1n) is 6.97. The van der Waals surface area contributed by atoms with E-state index in [1.807, 2.05) is 6.92 Å². The second-order valence-corrected chi connectivity index (χ2v) is 5.35. The third-order valence-corrected chi connectivity index (χ3v) is 4.16. The van der Waals surface area contributed by atoms with Gasteiger partial charge in [0.2, 0.25) is 0 Å². The molecule has 0 saturated carbocycles. The molecule has 2 nitrogen and oxygen atoms in total. The fraction of sp³-hybridized carbons (Fsp3) is 0.600. The van der Waals surface area contributed by atoms with Crippen molar-refractivity contribution >= 4 is 0 Å². The molecule has 4 heteroatoms. The van der Waals surface area contributed by atoms with E-state index in [0.717, 1.165) is 31.5 Å². The summed E-state index contributed by atoms with van der Waals surface area (Å²) in [5.41, 5.74) is 0.832. The summed E-state index contributed by atoms with van der Waals surface area (Å²) < 4.78 is 26.3. The van der Waals surface area contributed by atoms with Gasteiger partial charge in [-0.15, -0.1) is 0 Å². The Morgan fingerprint density at radius 3 is 2.74 bits per heavy atom. The molecule has 19 heavy (non-hydrogen) atoms. The summed E-state index contributed by atoms with van der Waals surface area (Å²) in [4.78, 5) is 2.28. The molecule has 0 bridgehead atoms. The van der Waals surface area contributed by atoms with Crippen molar-refractivity contribution in [2.24, 2.45) is 0 Å². The summed E-state index contributed by atoms with van der Waals surface area (Å²) in [5, 5.41) is 3.39. The molecule has 106 valence electrons. The predicted molar refractivity (Wildman–Crippen MR) is 73.0 cm³/mol. The monoisotopic (exact) mass is 268 g/mol. The summed E-state index contributed by atoms with van der Waals surface area (Å²) in [6.07, 6.45) is 3.42. The zero-order valence-electron chi connectivity index (χ0n) is 11.6. The third-order valence-electron chi connectivity index (χ3n) is 4.16. The Balaban J connectivity index is 2.08. The number of hydrogen-bond acceptors (Lipinski definition) is 2. The van der Waals surface area contributed by atoms with Crippen molar-refractivity contribution in [2.45, 2.75) is 38.3 Å². The van der Waals surface area contributed by atoms with Gasteiger partial charge in [-0.2, -0.15) is 0 Å². The molecule has 0 spiro atoms.